The van der Waals surface area contributed by atoms with Crippen LogP contribution in [0.2, 0.25) is 10.0 Å². The molecule has 1 rings (SSSR count). The molecule has 0 saturated heterocycles. The first-order valence-electron chi connectivity index (χ1n) is 6.64. The van der Waals surface area contributed by atoms with E-state index in [4.69, 9.17) is 28.9 Å². The highest BCUT2D eigenvalue weighted by atomic mass is 127. The van der Waals surface area contributed by atoms with E-state index in [0.29, 0.717) is 22.5 Å². The number of halogens is 3. The second kappa shape index (κ2) is 10.5. The van der Waals surface area contributed by atoms with E-state index in [1.807, 2.05) is 19.1 Å². The van der Waals surface area contributed by atoms with Crippen LogP contribution in [0, 0.1) is 0 Å². The molecule has 1 aromatic carbocycles. The lowest BCUT2D eigenvalue weighted by molar-refractivity contribution is 0.363. The molecule has 0 fully saturated rings. The molecule has 1 unspecified atom stereocenters. The molecule has 0 heterocycles. The van der Waals surface area contributed by atoms with E-state index >= 15 is 0 Å². The zero-order chi connectivity index (χ0) is 15.1. The van der Waals surface area contributed by atoms with E-state index in [2.05, 4.69) is 29.2 Å². The van der Waals surface area contributed by atoms with Gasteiger partial charge in [-0.15, -0.1) is 24.0 Å². The lowest BCUT2D eigenvalue weighted by atomic mass is 10.1. The number of nitrogens with zero attached hydrogens (tertiary/aromatic N) is 2. The third-order valence-corrected chi connectivity index (χ3v) is 3.66. The van der Waals surface area contributed by atoms with Crippen LogP contribution in [0.3, 0.4) is 0 Å². The van der Waals surface area contributed by atoms with Gasteiger partial charge in [-0.25, -0.2) is 0 Å². The fourth-order valence-corrected chi connectivity index (χ4v) is 2.27. The van der Waals surface area contributed by atoms with Crippen molar-refractivity contribution in [3.8, 4) is 0 Å². The van der Waals surface area contributed by atoms with Gasteiger partial charge in [0.05, 0.1) is 12.6 Å². The number of hydrogen-bond acceptors (Lipinski definition) is 2. The molecule has 3 N–H and O–H groups in total. The van der Waals surface area contributed by atoms with Crippen molar-refractivity contribution >= 4 is 53.1 Å². The third kappa shape index (κ3) is 7.54. The highest BCUT2D eigenvalue weighted by Crippen LogP contribution is 2.25. The molecule has 0 aromatic heterocycles. The molecule has 7 heteroatoms. The number of hydrogen-bond donors (Lipinski definition) is 2. The van der Waals surface area contributed by atoms with Gasteiger partial charge in [-0.3, -0.25) is 4.99 Å². The van der Waals surface area contributed by atoms with Gasteiger partial charge in [0, 0.05) is 16.6 Å². The SMILES string of the molecule is CCN(C)CCN=C(N)NC(C)c1ccc(Cl)cc1Cl.I. The molecule has 0 aliphatic rings. The highest BCUT2D eigenvalue weighted by molar-refractivity contribution is 14.0. The summed E-state index contributed by atoms with van der Waals surface area (Å²) in [6.45, 7) is 6.64. The smallest absolute Gasteiger partial charge is 0.189 e. The summed E-state index contributed by atoms with van der Waals surface area (Å²) in [5, 5.41) is 4.37. The Kier molecular flexibility index (Phi) is 10.4. The van der Waals surface area contributed by atoms with Crippen LogP contribution in [0.5, 0.6) is 0 Å². The van der Waals surface area contributed by atoms with E-state index in [9.17, 15) is 0 Å². The molecule has 1 aromatic rings. The maximum atomic E-state index is 6.16. The van der Waals surface area contributed by atoms with Crippen LogP contribution in [-0.4, -0.2) is 37.5 Å². The molecule has 0 aliphatic carbocycles. The quantitative estimate of drug-likeness (QED) is 0.401. The Hall–Kier alpha value is -0.240. The van der Waals surface area contributed by atoms with Crippen LogP contribution >= 0.6 is 47.2 Å². The molecule has 0 aliphatic heterocycles. The summed E-state index contributed by atoms with van der Waals surface area (Å²) in [5.74, 6) is 0.424. The van der Waals surface area contributed by atoms with Crippen LogP contribution in [-0.2, 0) is 0 Å². The maximum absolute atomic E-state index is 6.16. The number of likely N-dealkylation sites (N-methyl/N-ethyl adjacent to an activating group) is 1. The van der Waals surface area contributed by atoms with Crippen LogP contribution in [0.1, 0.15) is 25.5 Å². The molecule has 0 bridgehead atoms. The van der Waals surface area contributed by atoms with E-state index < -0.39 is 0 Å². The normalized spacial score (nSPS) is 13.0. The Morgan fingerprint density at radius 3 is 2.67 bits per heavy atom. The van der Waals surface area contributed by atoms with Crippen molar-refractivity contribution in [3.63, 3.8) is 0 Å². The molecule has 0 amide bonds. The lowest BCUT2D eigenvalue weighted by Crippen LogP contribution is -2.34. The largest absolute Gasteiger partial charge is 0.370 e. The molecule has 21 heavy (non-hydrogen) atoms. The number of nitrogens with one attached hydrogen (secondary N) is 1. The summed E-state index contributed by atoms with van der Waals surface area (Å²) in [4.78, 5) is 6.47. The van der Waals surface area contributed by atoms with Crippen molar-refractivity contribution in [3.05, 3.63) is 33.8 Å². The van der Waals surface area contributed by atoms with Gasteiger partial charge in [0.25, 0.3) is 0 Å². The van der Waals surface area contributed by atoms with Crippen molar-refractivity contribution in [2.75, 3.05) is 26.7 Å². The Morgan fingerprint density at radius 2 is 2.10 bits per heavy atom. The van der Waals surface area contributed by atoms with Crippen molar-refractivity contribution in [2.24, 2.45) is 10.7 Å². The molecule has 1 atom stereocenters. The molecular formula is C14H23Cl2IN4. The Morgan fingerprint density at radius 1 is 1.43 bits per heavy atom. The van der Waals surface area contributed by atoms with Crippen molar-refractivity contribution in [2.45, 2.75) is 19.9 Å². The number of aliphatic imine (C=N–C) groups is 1. The predicted octanol–water partition coefficient (Wildman–Crippen LogP) is 3.53. The first-order valence-corrected chi connectivity index (χ1v) is 7.39. The number of benzene rings is 1. The van der Waals surface area contributed by atoms with Gasteiger partial charge in [0.15, 0.2) is 5.96 Å². The van der Waals surface area contributed by atoms with E-state index in [0.717, 1.165) is 18.7 Å². The van der Waals surface area contributed by atoms with Gasteiger partial charge >= 0.3 is 0 Å². The van der Waals surface area contributed by atoms with Gasteiger partial charge in [-0.2, -0.15) is 0 Å². The highest BCUT2D eigenvalue weighted by Gasteiger charge is 2.10. The zero-order valence-corrected chi connectivity index (χ0v) is 16.4. The second-order valence-corrected chi connectivity index (χ2v) is 5.54. The summed E-state index contributed by atoms with van der Waals surface area (Å²) in [5.41, 5.74) is 6.82. The first-order chi connectivity index (χ1) is 9.43. The third-order valence-electron chi connectivity index (χ3n) is 3.10. The summed E-state index contributed by atoms with van der Waals surface area (Å²) < 4.78 is 0. The van der Waals surface area contributed by atoms with Gasteiger partial charge in [0.1, 0.15) is 0 Å². The molecule has 0 saturated carbocycles. The zero-order valence-electron chi connectivity index (χ0n) is 12.6. The van der Waals surface area contributed by atoms with Crippen molar-refractivity contribution in [1.82, 2.24) is 10.2 Å². The van der Waals surface area contributed by atoms with Gasteiger partial charge in [0.2, 0.25) is 0 Å². The predicted molar refractivity (Wildman–Crippen MR) is 103 cm³/mol. The number of nitrogens with two attached hydrogens (primary N) is 1. The van der Waals surface area contributed by atoms with Crippen molar-refractivity contribution in [1.29, 1.82) is 0 Å². The summed E-state index contributed by atoms with van der Waals surface area (Å²) >= 11 is 12.0. The Bertz CT molecular complexity index is 468. The van der Waals surface area contributed by atoms with E-state index in [1.165, 1.54) is 0 Å². The minimum atomic E-state index is -0.0209. The molecule has 0 spiro atoms. The van der Waals surface area contributed by atoms with Gasteiger partial charge in [-0.1, -0.05) is 36.2 Å². The van der Waals surface area contributed by atoms with Crippen LogP contribution < -0.4 is 11.1 Å². The standard InChI is InChI=1S/C14H22Cl2N4.HI/c1-4-20(3)8-7-18-14(17)19-10(2)12-6-5-11(15)9-13(12)16;/h5-6,9-10H,4,7-8H2,1-3H3,(H3,17,18,19);1H. The Balaban J connectivity index is 0.00000400. The van der Waals surface area contributed by atoms with E-state index in [-0.39, 0.29) is 30.0 Å². The summed E-state index contributed by atoms with van der Waals surface area (Å²) in [6, 6.07) is 5.40. The average molecular weight is 445 g/mol. The van der Waals surface area contributed by atoms with Gasteiger partial charge in [-0.05, 0) is 38.2 Å². The second-order valence-electron chi connectivity index (χ2n) is 4.69. The topological polar surface area (TPSA) is 53.6 Å². The molecular weight excluding hydrogens is 422 g/mol. The number of guanidine groups is 1. The molecule has 120 valence electrons. The maximum Gasteiger partial charge on any atom is 0.189 e. The van der Waals surface area contributed by atoms with E-state index in [1.54, 1.807) is 6.07 Å². The first kappa shape index (κ1) is 20.8. The molecule has 4 nitrogen and oxygen atoms in total. The minimum absolute atomic E-state index is 0. The van der Waals surface area contributed by atoms with Crippen LogP contribution in [0.4, 0.5) is 0 Å². The molecule has 0 radical (unpaired) electrons. The Labute approximate surface area is 154 Å². The number of rotatable bonds is 6. The minimum Gasteiger partial charge on any atom is -0.370 e. The van der Waals surface area contributed by atoms with Crippen LogP contribution in [0.15, 0.2) is 23.2 Å². The van der Waals surface area contributed by atoms with Crippen molar-refractivity contribution < 1.29 is 0 Å². The monoisotopic (exact) mass is 444 g/mol. The summed E-state index contributed by atoms with van der Waals surface area (Å²) in [7, 11) is 2.05. The van der Waals surface area contributed by atoms with Gasteiger partial charge < -0.3 is 16.0 Å². The lowest BCUT2D eigenvalue weighted by Gasteiger charge is -2.17. The summed E-state index contributed by atoms with van der Waals surface area (Å²) in [6.07, 6.45) is 0. The fraction of sp³-hybridized carbons (Fsp3) is 0.500. The average Bonchev–Trinajstić information content (AvgIpc) is 2.38. The fourth-order valence-electron chi connectivity index (χ4n) is 1.70. The van der Waals surface area contributed by atoms with Crippen LogP contribution in [0.25, 0.3) is 0 Å².